The minimum Gasteiger partial charge on any atom is -0.462 e. The van der Waals surface area contributed by atoms with Crippen LogP contribution in [0.4, 0.5) is 16.0 Å². The van der Waals surface area contributed by atoms with E-state index < -0.39 is 21.7 Å². The van der Waals surface area contributed by atoms with Crippen molar-refractivity contribution < 1.29 is 22.7 Å². The number of nitrogens with one attached hydrogen (secondary N) is 2. The Hall–Kier alpha value is -2.83. The highest BCUT2D eigenvalue weighted by molar-refractivity contribution is 7.90. The zero-order valence-electron chi connectivity index (χ0n) is 16.3. The fourth-order valence-electron chi connectivity index (χ4n) is 2.34. The van der Waals surface area contributed by atoms with E-state index in [-0.39, 0.29) is 22.3 Å². The van der Waals surface area contributed by atoms with Gasteiger partial charge in [-0.15, -0.1) is 11.3 Å². The monoisotopic (exact) mass is 466 g/mol. The van der Waals surface area contributed by atoms with Crippen LogP contribution in [-0.4, -0.2) is 43.1 Å². The molecule has 12 heteroatoms. The average molecular weight is 467 g/mol. The molecule has 3 aromatic rings. The van der Waals surface area contributed by atoms with Gasteiger partial charge in [0.25, 0.3) is 5.91 Å². The number of carbonyl (C=O) groups excluding carboxylic acids is 2. The van der Waals surface area contributed by atoms with Crippen LogP contribution in [0.15, 0.2) is 34.5 Å². The van der Waals surface area contributed by atoms with Crippen molar-refractivity contribution in [2.24, 2.45) is 0 Å². The van der Waals surface area contributed by atoms with Gasteiger partial charge < -0.3 is 10.1 Å². The van der Waals surface area contributed by atoms with E-state index in [1.807, 2.05) is 0 Å². The Morgan fingerprint density at radius 2 is 1.83 bits per heavy atom. The molecule has 9 nitrogen and oxygen atoms in total. The summed E-state index contributed by atoms with van der Waals surface area (Å²) < 4.78 is 28.0. The number of hydrogen-bond donors (Lipinski definition) is 2. The van der Waals surface area contributed by atoms with Crippen LogP contribution in [-0.2, 0) is 14.6 Å². The van der Waals surface area contributed by atoms with Gasteiger partial charge in [0.2, 0.25) is 0 Å². The third kappa shape index (κ3) is 5.20. The Morgan fingerprint density at radius 1 is 1.13 bits per heavy atom. The molecule has 0 fully saturated rings. The third-order valence-electron chi connectivity index (χ3n) is 3.75. The summed E-state index contributed by atoms with van der Waals surface area (Å²) in [6.07, 6.45) is 1.14. The Labute approximate surface area is 181 Å². The molecule has 0 aliphatic heterocycles. The normalized spacial score (nSPS) is 11.2. The number of anilines is 3. The molecule has 0 saturated heterocycles. The molecule has 0 atom stereocenters. The number of amides is 1. The van der Waals surface area contributed by atoms with Gasteiger partial charge in [-0.05, 0) is 38.1 Å². The number of ether oxygens (including phenoxy) is 1. The van der Waals surface area contributed by atoms with Crippen molar-refractivity contribution in [3.8, 4) is 0 Å². The summed E-state index contributed by atoms with van der Waals surface area (Å²) in [5, 5.41) is 7.97. The molecule has 0 bridgehead atoms. The van der Waals surface area contributed by atoms with E-state index in [9.17, 15) is 18.0 Å². The van der Waals surface area contributed by atoms with Crippen LogP contribution in [0.25, 0.3) is 0 Å². The topological polar surface area (TPSA) is 127 Å². The second-order valence-electron chi connectivity index (χ2n) is 6.07. The van der Waals surface area contributed by atoms with Gasteiger partial charge in [-0.2, -0.15) is 0 Å². The first-order valence-corrected chi connectivity index (χ1v) is 12.2. The maximum atomic E-state index is 12.4. The van der Waals surface area contributed by atoms with Crippen molar-refractivity contribution in [2.45, 2.75) is 18.7 Å². The number of nitrogens with zero attached hydrogens (tertiary/aromatic N) is 2. The van der Waals surface area contributed by atoms with E-state index in [0.717, 1.165) is 17.6 Å². The highest BCUT2D eigenvalue weighted by Crippen LogP contribution is 2.26. The predicted octanol–water partition coefficient (Wildman–Crippen LogP) is 3.48. The van der Waals surface area contributed by atoms with E-state index in [1.54, 1.807) is 31.4 Å². The second kappa shape index (κ2) is 8.90. The molecular formula is C18H18N4O5S3. The van der Waals surface area contributed by atoms with Gasteiger partial charge in [-0.3, -0.25) is 10.1 Å². The van der Waals surface area contributed by atoms with Gasteiger partial charge in [-0.25, -0.2) is 23.2 Å². The molecule has 1 amide bonds. The lowest BCUT2D eigenvalue weighted by Gasteiger charge is -2.03. The summed E-state index contributed by atoms with van der Waals surface area (Å²) in [5.74, 6) is -0.939. The molecule has 0 aliphatic carbocycles. The Kier molecular flexibility index (Phi) is 6.48. The van der Waals surface area contributed by atoms with Crippen molar-refractivity contribution in [1.82, 2.24) is 9.97 Å². The zero-order chi connectivity index (χ0) is 21.9. The summed E-state index contributed by atoms with van der Waals surface area (Å²) in [6, 6.07) is 6.22. The third-order valence-corrected chi connectivity index (χ3v) is 6.69. The number of aromatic nitrogens is 2. The molecular weight excluding hydrogens is 448 g/mol. The van der Waals surface area contributed by atoms with Crippen LogP contribution < -0.4 is 10.6 Å². The van der Waals surface area contributed by atoms with Gasteiger partial charge in [0.1, 0.15) is 10.6 Å². The van der Waals surface area contributed by atoms with Gasteiger partial charge in [0.05, 0.1) is 17.2 Å². The molecule has 2 heterocycles. The number of sulfone groups is 1. The van der Waals surface area contributed by atoms with Gasteiger partial charge in [-0.1, -0.05) is 11.3 Å². The summed E-state index contributed by atoms with van der Waals surface area (Å²) in [5.41, 5.74) is 1.30. The highest BCUT2D eigenvalue weighted by atomic mass is 32.2. The number of thiazole rings is 2. The summed E-state index contributed by atoms with van der Waals surface area (Å²) in [7, 11) is -3.27. The van der Waals surface area contributed by atoms with Crippen molar-refractivity contribution in [1.29, 1.82) is 0 Å². The molecule has 0 radical (unpaired) electrons. The quantitative estimate of drug-likeness (QED) is 0.507. The first kappa shape index (κ1) is 21.9. The Bertz CT molecular complexity index is 1180. The molecule has 158 valence electrons. The first-order valence-electron chi connectivity index (χ1n) is 8.66. The maximum Gasteiger partial charge on any atom is 0.350 e. The lowest BCUT2D eigenvalue weighted by molar-refractivity contribution is 0.0531. The zero-order valence-corrected chi connectivity index (χ0v) is 18.7. The van der Waals surface area contributed by atoms with Crippen LogP contribution in [0.2, 0.25) is 0 Å². The molecule has 0 unspecified atom stereocenters. The minimum absolute atomic E-state index is 0.181. The van der Waals surface area contributed by atoms with Crippen LogP contribution >= 0.6 is 22.7 Å². The van der Waals surface area contributed by atoms with Crippen LogP contribution in [0.5, 0.6) is 0 Å². The number of hydrogen-bond acceptors (Lipinski definition) is 10. The van der Waals surface area contributed by atoms with E-state index in [2.05, 4.69) is 20.6 Å². The number of carbonyl (C=O) groups is 2. The summed E-state index contributed by atoms with van der Waals surface area (Å²) >= 11 is 2.26. The molecule has 30 heavy (non-hydrogen) atoms. The summed E-state index contributed by atoms with van der Waals surface area (Å²) in [6.45, 7) is 3.63. The largest absolute Gasteiger partial charge is 0.462 e. The standard InChI is InChI=1S/C18H18N4O5S3/c1-4-27-16(24)14-10(2)19-18(29-14)22-15(23)13-9-28-17(21-13)20-11-5-7-12(8-6-11)30(3,25)26/h5-9H,4H2,1-3H3,(H,20,21)(H,19,22,23). The van der Waals surface area contributed by atoms with Gasteiger partial charge in [0, 0.05) is 17.3 Å². The number of benzene rings is 1. The van der Waals surface area contributed by atoms with Crippen LogP contribution in [0.3, 0.4) is 0 Å². The van der Waals surface area contributed by atoms with E-state index in [0.29, 0.717) is 21.4 Å². The molecule has 1 aromatic carbocycles. The van der Waals surface area contributed by atoms with E-state index in [1.165, 1.54) is 23.5 Å². The minimum atomic E-state index is -3.27. The number of rotatable bonds is 7. The Balaban J connectivity index is 1.67. The molecule has 0 spiro atoms. The van der Waals surface area contributed by atoms with Crippen LogP contribution in [0.1, 0.15) is 32.8 Å². The fourth-order valence-corrected chi connectivity index (χ4v) is 4.54. The Morgan fingerprint density at radius 3 is 2.47 bits per heavy atom. The molecule has 0 aliphatic rings. The van der Waals surface area contributed by atoms with Crippen molar-refractivity contribution in [3.63, 3.8) is 0 Å². The van der Waals surface area contributed by atoms with Gasteiger partial charge >= 0.3 is 5.97 Å². The molecule has 0 saturated carbocycles. The van der Waals surface area contributed by atoms with Crippen molar-refractivity contribution in [3.05, 3.63) is 45.9 Å². The molecule has 2 aromatic heterocycles. The highest BCUT2D eigenvalue weighted by Gasteiger charge is 2.19. The molecule has 2 N–H and O–H groups in total. The van der Waals surface area contributed by atoms with Crippen molar-refractivity contribution in [2.75, 3.05) is 23.5 Å². The lowest BCUT2D eigenvalue weighted by atomic mass is 10.3. The van der Waals surface area contributed by atoms with Gasteiger partial charge in [0.15, 0.2) is 20.1 Å². The maximum absolute atomic E-state index is 12.4. The number of aryl methyl sites for hydroxylation is 1. The fraction of sp³-hybridized carbons (Fsp3) is 0.222. The first-order chi connectivity index (χ1) is 14.2. The smallest absolute Gasteiger partial charge is 0.350 e. The van der Waals surface area contributed by atoms with Crippen LogP contribution in [0, 0.1) is 6.92 Å². The van der Waals surface area contributed by atoms with E-state index >= 15 is 0 Å². The van der Waals surface area contributed by atoms with E-state index in [4.69, 9.17) is 4.74 Å². The molecule has 3 rings (SSSR count). The SMILES string of the molecule is CCOC(=O)c1sc(NC(=O)c2csc(Nc3ccc(S(C)(=O)=O)cc3)n2)nc1C. The average Bonchev–Trinajstić information content (AvgIpc) is 3.28. The number of esters is 1. The second-order valence-corrected chi connectivity index (χ2v) is 9.94. The lowest BCUT2D eigenvalue weighted by Crippen LogP contribution is -2.12. The van der Waals surface area contributed by atoms with Crippen molar-refractivity contribution >= 4 is 60.3 Å². The summed E-state index contributed by atoms with van der Waals surface area (Å²) in [4.78, 5) is 33.3. The predicted molar refractivity (Wildman–Crippen MR) is 116 cm³/mol.